The molecule has 1 aromatic heterocycles. The van der Waals surface area contributed by atoms with Crippen molar-refractivity contribution in [2.75, 3.05) is 11.4 Å². The fourth-order valence-electron chi connectivity index (χ4n) is 2.45. The number of anilines is 1. The molecule has 24 heavy (non-hydrogen) atoms. The van der Waals surface area contributed by atoms with E-state index < -0.39 is 0 Å². The minimum atomic E-state index is -0.135. The van der Waals surface area contributed by atoms with Crippen LogP contribution in [0.2, 0.25) is 5.02 Å². The molecule has 0 unspecified atom stereocenters. The van der Waals surface area contributed by atoms with Crippen molar-refractivity contribution in [1.82, 2.24) is 10.2 Å². The van der Waals surface area contributed by atoms with Crippen molar-refractivity contribution in [3.05, 3.63) is 65.0 Å². The van der Waals surface area contributed by atoms with E-state index in [9.17, 15) is 4.79 Å². The number of benzene rings is 2. The molecule has 122 valence electrons. The van der Waals surface area contributed by atoms with Gasteiger partial charge in [0.1, 0.15) is 0 Å². The Morgan fingerprint density at radius 3 is 2.62 bits per heavy atom. The Hall–Kier alpha value is -2.66. The molecule has 0 saturated carbocycles. The Morgan fingerprint density at radius 1 is 1.17 bits per heavy atom. The molecule has 5 nitrogen and oxygen atoms in total. The van der Waals surface area contributed by atoms with E-state index in [-0.39, 0.29) is 5.91 Å². The van der Waals surface area contributed by atoms with E-state index in [1.54, 1.807) is 36.1 Å². The summed E-state index contributed by atoms with van der Waals surface area (Å²) >= 11 is 6.23. The van der Waals surface area contributed by atoms with Gasteiger partial charge in [-0.1, -0.05) is 29.8 Å². The monoisotopic (exact) mass is 341 g/mol. The van der Waals surface area contributed by atoms with Gasteiger partial charge in [-0.25, -0.2) is 0 Å². The second kappa shape index (κ2) is 6.84. The normalized spacial score (nSPS) is 10.6. The summed E-state index contributed by atoms with van der Waals surface area (Å²) in [5.74, 6) is 0.736. The van der Waals surface area contributed by atoms with Gasteiger partial charge in [0.2, 0.25) is 11.8 Å². The van der Waals surface area contributed by atoms with Crippen molar-refractivity contribution < 1.29 is 9.21 Å². The van der Waals surface area contributed by atoms with Crippen LogP contribution < -0.4 is 4.90 Å². The predicted octanol–water partition coefficient (Wildman–Crippen LogP) is 4.37. The molecule has 0 fully saturated rings. The van der Waals surface area contributed by atoms with Gasteiger partial charge in [0.05, 0.1) is 10.7 Å². The molecule has 2 aromatic carbocycles. The summed E-state index contributed by atoms with van der Waals surface area (Å²) < 4.78 is 5.43. The number of aromatic nitrogens is 2. The van der Waals surface area contributed by atoms with E-state index >= 15 is 0 Å². The van der Waals surface area contributed by atoms with Gasteiger partial charge < -0.3 is 9.32 Å². The zero-order valence-electron chi connectivity index (χ0n) is 13.4. The lowest BCUT2D eigenvalue weighted by Gasteiger charge is -2.22. The molecule has 3 aromatic rings. The summed E-state index contributed by atoms with van der Waals surface area (Å²) in [4.78, 5) is 14.6. The Balaban J connectivity index is 1.96. The van der Waals surface area contributed by atoms with Crippen molar-refractivity contribution in [3.63, 3.8) is 0 Å². The smallest absolute Gasteiger partial charge is 0.258 e. The maximum atomic E-state index is 12.9. The van der Waals surface area contributed by atoms with Crippen LogP contribution in [-0.4, -0.2) is 22.6 Å². The van der Waals surface area contributed by atoms with Gasteiger partial charge in [-0.2, -0.15) is 0 Å². The molecule has 0 atom stereocenters. The fourth-order valence-corrected chi connectivity index (χ4v) is 2.69. The number of carbonyl (C=O) groups excluding carboxylic acids is 1. The molecular weight excluding hydrogens is 326 g/mol. The number of aryl methyl sites for hydroxylation is 1. The third-order valence-corrected chi connectivity index (χ3v) is 3.91. The van der Waals surface area contributed by atoms with Crippen LogP contribution in [0.15, 0.2) is 52.9 Å². The van der Waals surface area contributed by atoms with E-state index in [1.807, 2.05) is 31.2 Å². The van der Waals surface area contributed by atoms with E-state index in [0.29, 0.717) is 40.2 Å². The van der Waals surface area contributed by atoms with Gasteiger partial charge in [-0.15, -0.1) is 10.2 Å². The number of hydrogen-bond acceptors (Lipinski definition) is 4. The summed E-state index contributed by atoms with van der Waals surface area (Å²) in [7, 11) is 0. The zero-order valence-corrected chi connectivity index (χ0v) is 14.1. The molecule has 3 rings (SSSR count). The second-order valence-corrected chi connectivity index (χ2v) is 5.62. The van der Waals surface area contributed by atoms with Crippen molar-refractivity contribution in [2.45, 2.75) is 13.8 Å². The summed E-state index contributed by atoms with van der Waals surface area (Å²) in [5.41, 5.74) is 1.92. The maximum Gasteiger partial charge on any atom is 0.258 e. The summed E-state index contributed by atoms with van der Waals surface area (Å²) in [5, 5.41) is 8.35. The molecule has 0 aliphatic carbocycles. The number of hydrogen-bond donors (Lipinski definition) is 0. The van der Waals surface area contributed by atoms with E-state index in [4.69, 9.17) is 16.0 Å². The van der Waals surface area contributed by atoms with Gasteiger partial charge in [0, 0.05) is 24.6 Å². The zero-order chi connectivity index (χ0) is 17.1. The maximum absolute atomic E-state index is 12.9. The molecule has 0 saturated heterocycles. The highest BCUT2D eigenvalue weighted by molar-refractivity contribution is 6.34. The number of carbonyl (C=O) groups is 1. The third-order valence-electron chi connectivity index (χ3n) is 3.59. The summed E-state index contributed by atoms with van der Waals surface area (Å²) in [6, 6.07) is 14.4. The molecular formula is C18H16ClN3O2. The quantitative estimate of drug-likeness (QED) is 0.707. The van der Waals surface area contributed by atoms with Crippen LogP contribution in [0.4, 0.5) is 5.69 Å². The lowest BCUT2D eigenvalue weighted by molar-refractivity contribution is 0.0988. The molecule has 0 radical (unpaired) electrons. The number of rotatable bonds is 4. The van der Waals surface area contributed by atoms with Crippen LogP contribution in [0.25, 0.3) is 11.5 Å². The van der Waals surface area contributed by atoms with Crippen molar-refractivity contribution in [3.8, 4) is 11.5 Å². The highest BCUT2D eigenvalue weighted by Gasteiger charge is 2.19. The van der Waals surface area contributed by atoms with Crippen LogP contribution in [0.1, 0.15) is 23.2 Å². The second-order valence-electron chi connectivity index (χ2n) is 5.21. The first-order valence-electron chi connectivity index (χ1n) is 7.57. The molecule has 1 heterocycles. The minimum Gasteiger partial charge on any atom is -0.421 e. The Morgan fingerprint density at radius 2 is 1.96 bits per heavy atom. The largest absolute Gasteiger partial charge is 0.421 e. The topological polar surface area (TPSA) is 59.2 Å². The summed E-state index contributed by atoms with van der Waals surface area (Å²) in [6.45, 7) is 4.14. The standard InChI is InChI=1S/C18H16ClN3O2/c1-3-22(16-10-5-4-9-15(16)19)18(23)14-8-6-7-13(11-14)17-21-20-12(2)24-17/h4-11H,3H2,1-2H3. The average molecular weight is 342 g/mol. The fraction of sp³-hybridized carbons (Fsp3) is 0.167. The molecule has 0 spiro atoms. The third kappa shape index (κ3) is 3.16. The minimum absolute atomic E-state index is 0.135. The average Bonchev–Trinajstić information content (AvgIpc) is 3.04. The van der Waals surface area contributed by atoms with Crippen molar-refractivity contribution in [1.29, 1.82) is 0 Å². The Bertz CT molecular complexity index is 876. The lowest BCUT2D eigenvalue weighted by Crippen LogP contribution is -2.30. The van der Waals surface area contributed by atoms with E-state index in [2.05, 4.69) is 10.2 Å². The van der Waals surface area contributed by atoms with Crippen LogP contribution in [0.3, 0.4) is 0 Å². The van der Waals surface area contributed by atoms with Gasteiger partial charge in [-0.3, -0.25) is 4.79 Å². The molecule has 1 amide bonds. The Labute approximate surface area is 144 Å². The number of halogens is 1. The molecule has 0 aliphatic rings. The first kappa shape index (κ1) is 16.2. The van der Waals surface area contributed by atoms with Crippen LogP contribution in [0.5, 0.6) is 0 Å². The summed E-state index contributed by atoms with van der Waals surface area (Å²) in [6.07, 6.45) is 0. The van der Waals surface area contributed by atoms with Crippen molar-refractivity contribution in [2.24, 2.45) is 0 Å². The van der Waals surface area contributed by atoms with Crippen LogP contribution >= 0.6 is 11.6 Å². The van der Waals surface area contributed by atoms with Gasteiger partial charge in [-0.05, 0) is 37.3 Å². The highest BCUT2D eigenvalue weighted by Crippen LogP contribution is 2.27. The van der Waals surface area contributed by atoms with Crippen molar-refractivity contribution >= 4 is 23.2 Å². The molecule has 0 N–H and O–H groups in total. The Kier molecular flexibility index (Phi) is 4.62. The van der Waals surface area contributed by atoms with Gasteiger partial charge in [0.25, 0.3) is 5.91 Å². The number of para-hydroxylation sites is 1. The van der Waals surface area contributed by atoms with Crippen LogP contribution in [-0.2, 0) is 0 Å². The number of amides is 1. The molecule has 6 heteroatoms. The van der Waals surface area contributed by atoms with Gasteiger partial charge >= 0.3 is 0 Å². The predicted molar refractivity (Wildman–Crippen MR) is 93.3 cm³/mol. The first-order valence-corrected chi connectivity index (χ1v) is 7.95. The lowest BCUT2D eigenvalue weighted by atomic mass is 10.1. The highest BCUT2D eigenvalue weighted by atomic mass is 35.5. The molecule has 0 bridgehead atoms. The van der Waals surface area contributed by atoms with E-state index in [0.717, 1.165) is 0 Å². The SMILES string of the molecule is CCN(C(=O)c1cccc(-c2nnc(C)o2)c1)c1ccccc1Cl. The first-order chi connectivity index (χ1) is 11.6. The van der Waals surface area contributed by atoms with Crippen LogP contribution in [0, 0.1) is 6.92 Å². The molecule has 0 aliphatic heterocycles. The van der Waals surface area contributed by atoms with Gasteiger partial charge in [0.15, 0.2) is 0 Å². The number of nitrogens with zero attached hydrogens (tertiary/aromatic N) is 3. The van der Waals surface area contributed by atoms with E-state index in [1.165, 1.54) is 0 Å².